The van der Waals surface area contributed by atoms with Crippen molar-refractivity contribution in [2.45, 2.75) is 19.8 Å². The first-order valence-corrected chi connectivity index (χ1v) is 7.13. The maximum Gasteiger partial charge on any atom is 0.218 e. The second kappa shape index (κ2) is 8.09. The zero-order chi connectivity index (χ0) is 14.9. The van der Waals surface area contributed by atoms with Crippen LogP contribution in [0.1, 0.15) is 18.9 Å². The van der Waals surface area contributed by atoms with Crippen LogP contribution in [0.4, 0.5) is 5.82 Å². The van der Waals surface area contributed by atoms with Crippen LogP contribution in [0.25, 0.3) is 0 Å². The number of nitrogens with one attached hydrogen (secondary N) is 1. The van der Waals surface area contributed by atoms with E-state index in [1.54, 1.807) is 7.11 Å². The molecule has 2 rings (SSSR count). The Labute approximate surface area is 125 Å². The van der Waals surface area contributed by atoms with E-state index in [9.17, 15) is 0 Å². The van der Waals surface area contributed by atoms with E-state index in [0.717, 1.165) is 31.0 Å². The molecular formula is C16H21N3O2. The summed E-state index contributed by atoms with van der Waals surface area (Å²) in [5, 5.41) is 3.28. The van der Waals surface area contributed by atoms with Gasteiger partial charge in [0.15, 0.2) is 0 Å². The third-order valence-corrected chi connectivity index (χ3v) is 2.95. The van der Waals surface area contributed by atoms with Crippen LogP contribution >= 0.6 is 0 Å². The van der Waals surface area contributed by atoms with E-state index in [0.29, 0.717) is 12.5 Å². The average molecular weight is 287 g/mol. The van der Waals surface area contributed by atoms with E-state index in [1.165, 1.54) is 11.9 Å². The van der Waals surface area contributed by atoms with E-state index in [-0.39, 0.29) is 0 Å². The molecule has 21 heavy (non-hydrogen) atoms. The molecule has 5 heteroatoms. The van der Waals surface area contributed by atoms with Gasteiger partial charge in [0.25, 0.3) is 0 Å². The smallest absolute Gasteiger partial charge is 0.218 e. The lowest BCUT2D eigenvalue weighted by Crippen LogP contribution is -2.07. The van der Waals surface area contributed by atoms with Crippen molar-refractivity contribution in [2.24, 2.45) is 0 Å². The third kappa shape index (κ3) is 4.95. The largest absolute Gasteiger partial charge is 0.497 e. The molecule has 5 nitrogen and oxygen atoms in total. The van der Waals surface area contributed by atoms with Gasteiger partial charge in [0.1, 0.15) is 17.9 Å². The summed E-state index contributed by atoms with van der Waals surface area (Å²) in [4.78, 5) is 8.26. The lowest BCUT2D eigenvalue weighted by Gasteiger charge is -2.08. The van der Waals surface area contributed by atoms with E-state index < -0.39 is 0 Å². The summed E-state index contributed by atoms with van der Waals surface area (Å²) in [5.41, 5.74) is 1.22. The van der Waals surface area contributed by atoms with Crippen LogP contribution in [0, 0.1) is 0 Å². The summed E-state index contributed by atoms with van der Waals surface area (Å²) in [6.07, 6.45) is 3.37. The van der Waals surface area contributed by atoms with Gasteiger partial charge in [-0.2, -0.15) is 0 Å². The quantitative estimate of drug-likeness (QED) is 0.809. The summed E-state index contributed by atoms with van der Waals surface area (Å²) in [7, 11) is 1.68. The second-order valence-corrected chi connectivity index (χ2v) is 4.62. The number of hydrogen-bond donors (Lipinski definition) is 1. The average Bonchev–Trinajstić information content (AvgIpc) is 2.53. The highest BCUT2D eigenvalue weighted by Gasteiger charge is 2.00. The predicted octanol–water partition coefficient (Wildman–Crippen LogP) is 2.93. The van der Waals surface area contributed by atoms with Gasteiger partial charge in [-0.05, 0) is 30.5 Å². The van der Waals surface area contributed by atoms with Gasteiger partial charge in [-0.1, -0.05) is 19.1 Å². The minimum Gasteiger partial charge on any atom is -0.497 e. The molecule has 1 aromatic carbocycles. The zero-order valence-corrected chi connectivity index (χ0v) is 12.5. The first-order valence-electron chi connectivity index (χ1n) is 7.13. The molecule has 0 aliphatic rings. The van der Waals surface area contributed by atoms with Gasteiger partial charge in [0.2, 0.25) is 5.88 Å². The van der Waals surface area contributed by atoms with E-state index in [2.05, 4.69) is 28.3 Å². The Balaban J connectivity index is 1.85. The molecule has 0 spiro atoms. The molecule has 0 bridgehead atoms. The minimum absolute atomic E-state index is 0.607. The van der Waals surface area contributed by atoms with Gasteiger partial charge >= 0.3 is 0 Å². The van der Waals surface area contributed by atoms with Crippen LogP contribution in [0.2, 0.25) is 0 Å². The zero-order valence-electron chi connectivity index (χ0n) is 12.5. The van der Waals surface area contributed by atoms with Crippen LogP contribution in [0.3, 0.4) is 0 Å². The van der Waals surface area contributed by atoms with Crippen molar-refractivity contribution >= 4 is 5.82 Å². The SMILES string of the molecule is CCCOc1cc(NCCc2cccc(OC)c2)ncn1. The Bertz CT molecular complexity index is 561. The number of rotatable bonds is 8. The number of methoxy groups -OCH3 is 1. The number of anilines is 1. The normalized spacial score (nSPS) is 10.2. The molecule has 0 fully saturated rings. The van der Waals surface area contributed by atoms with Crippen molar-refractivity contribution in [3.8, 4) is 11.6 Å². The molecule has 2 aromatic rings. The number of hydrogen-bond acceptors (Lipinski definition) is 5. The van der Waals surface area contributed by atoms with Gasteiger partial charge in [0, 0.05) is 12.6 Å². The standard InChI is InChI=1S/C16H21N3O2/c1-3-9-21-16-11-15(18-12-19-16)17-8-7-13-5-4-6-14(10-13)20-2/h4-6,10-12H,3,7-9H2,1-2H3,(H,17,18,19). The molecule has 0 atom stereocenters. The lowest BCUT2D eigenvalue weighted by molar-refractivity contribution is 0.305. The maximum absolute atomic E-state index is 5.48. The summed E-state index contributed by atoms with van der Waals surface area (Å²) < 4.78 is 10.7. The third-order valence-electron chi connectivity index (χ3n) is 2.95. The van der Waals surface area contributed by atoms with Crippen molar-refractivity contribution in [1.82, 2.24) is 9.97 Å². The molecule has 0 unspecified atom stereocenters. The van der Waals surface area contributed by atoms with Crippen LogP contribution < -0.4 is 14.8 Å². The van der Waals surface area contributed by atoms with Crippen molar-refractivity contribution in [2.75, 3.05) is 25.6 Å². The lowest BCUT2D eigenvalue weighted by atomic mass is 10.1. The second-order valence-electron chi connectivity index (χ2n) is 4.62. The van der Waals surface area contributed by atoms with Crippen LogP contribution in [-0.2, 0) is 6.42 Å². The fourth-order valence-electron chi connectivity index (χ4n) is 1.88. The highest BCUT2D eigenvalue weighted by atomic mass is 16.5. The number of aromatic nitrogens is 2. The first-order chi connectivity index (χ1) is 10.3. The number of nitrogens with zero attached hydrogens (tertiary/aromatic N) is 2. The van der Waals surface area contributed by atoms with E-state index in [4.69, 9.17) is 9.47 Å². The van der Waals surface area contributed by atoms with E-state index in [1.807, 2.05) is 24.3 Å². The van der Waals surface area contributed by atoms with Crippen molar-refractivity contribution in [3.63, 3.8) is 0 Å². The first kappa shape index (κ1) is 15.1. The van der Waals surface area contributed by atoms with Gasteiger partial charge in [0.05, 0.1) is 13.7 Å². The fraction of sp³-hybridized carbons (Fsp3) is 0.375. The predicted molar refractivity (Wildman–Crippen MR) is 83.0 cm³/mol. The Kier molecular flexibility index (Phi) is 5.82. The molecule has 0 aliphatic carbocycles. The van der Waals surface area contributed by atoms with Gasteiger partial charge < -0.3 is 14.8 Å². The summed E-state index contributed by atoms with van der Waals surface area (Å²) in [5.74, 6) is 2.26. The molecule has 1 aromatic heterocycles. The highest BCUT2D eigenvalue weighted by Crippen LogP contribution is 2.14. The summed E-state index contributed by atoms with van der Waals surface area (Å²) in [6, 6.07) is 9.88. The monoisotopic (exact) mass is 287 g/mol. The fourth-order valence-corrected chi connectivity index (χ4v) is 1.88. The van der Waals surface area contributed by atoms with Gasteiger partial charge in [-0.15, -0.1) is 0 Å². The minimum atomic E-state index is 0.607. The number of benzene rings is 1. The molecule has 0 saturated heterocycles. The summed E-state index contributed by atoms with van der Waals surface area (Å²) >= 11 is 0. The van der Waals surface area contributed by atoms with Crippen molar-refractivity contribution < 1.29 is 9.47 Å². The highest BCUT2D eigenvalue weighted by molar-refractivity contribution is 5.37. The molecule has 1 N–H and O–H groups in total. The van der Waals surface area contributed by atoms with Crippen LogP contribution in [0.5, 0.6) is 11.6 Å². The Morgan fingerprint density at radius 1 is 1.19 bits per heavy atom. The van der Waals surface area contributed by atoms with Gasteiger partial charge in [-0.3, -0.25) is 0 Å². The molecule has 0 aliphatic heterocycles. The van der Waals surface area contributed by atoms with Gasteiger partial charge in [-0.25, -0.2) is 9.97 Å². The molecule has 112 valence electrons. The molecule has 0 saturated carbocycles. The maximum atomic E-state index is 5.48. The molecule has 0 amide bonds. The number of ether oxygens (including phenoxy) is 2. The Morgan fingerprint density at radius 2 is 2.10 bits per heavy atom. The van der Waals surface area contributed by atoms with Crippen LogP contribution in [-0.4, -0.2) is 30.2 Å². The molecular weight excluding hydrogens is 266 g/mol. The molecule has 0 radical (unpaired) electrons. The van der Waals surface area contributed by atoms with E-state index >= 15 is 0 Å². The topological polar surface area (TPSA) is 56.3 Å². The molecule has 1 heterocycles. The van der Waals surface area contributed by atoms with Crippen LogP contribution in [0.15, 0.2) is 36.7 Å². The summed E-state index contributed by atoms with van der Waals surface area (Å²) in [6.45, 7) is 3.52. The Hall–Kier alpha value is -2.30. The van der Waals surface area contributed by atoms with Crippen molar-refractivity contribution in [1.29, 1.82) is 0 Å². The van der Waals surface area contributed by atoms with Crippen molar-refractivity contribution in [3.05, 3.63) is 42.2 Å². The Morgan fingerprint density at radius 3 is 2.90 bits per heavy atom.